The molecule has 0 aliphatic heterocycles. The number of halogens is 1. The summed E-state index contributed by atoms with van der Waals surface area (Å²) in [6.45, 7) is 4.17. The molecule has 0 aromatic heterocycles. The van der Waals surface area contributed by atoms with Gasteiger partial charge in [-0.15, -0.1) is 0 Å². The minimum Gasteiger partial charge on any atom is -1.00 e. The molecule has 2 heteroatoms. The van der Waals surface area contributed by atoms with Gasteiger partial charge in [0, 0.05) is 0 Å². The van der Waals surface area contributed by atoms with Gasteiger partial charge in [-0.25, -0.2) is 0 Å². The van der Waals surface area contributed by atoms with E-state index < -0.39 is 0 Å². The topological polar surface area (TPSA) is 0 Å². The van der Waals surface area contributed by atoms with E-state index in [4.69, 9.17) is 0 Å². The summed E-state index contributed by atoms with van der Waals surface area (Å²) in [6, 6.07) is 0. The Labute approximate surface area is 58.5 Å². The molecule has 0 amide bonds. The van der Waals surface area contributed by atoms with Crippen molar-refractivity contribution in [2.24, 2.45) is 0 Å². The van der Waals surface area contributed by atoms with Crippen molar-refractivity contribution in [3.63, 3.8) is 0 Å². The van der Waals surface area contributed by atoms with Crippen LogP contribution in [0.15, 0.2) is 0 Å². The number of hydrogen-bond donors (Lipinski definition) is 0. The van der Waals surface area contributed by atoms with Crippen LogP contribution in [0, 0.1) is 0 Å². The molecule has 0 fully saturated rings. The van der Waals surface area contributed by atoms with Gasteiger partial charge in [0.05, 0.1) is 0 Å². The fraction of sp³-hybridized carbons (Fsp3) is 1.00. The first-order valence-electron chi connectivity index (χ1n) is 1.37. The minimum absolute atomic E-state index is 0. The number of rotatable bonds is 0. The van der Waals surface area contributed by atoms with Gasteiger partial charge in [0.25, 0.3) is 0 Å². The summed E-state index contributed by atoms with van der Waals surface area (Å²) in [5, 5.41) is 0. The van der Waals surface area contributed by atoms with Crippen LogP contribution in [0.1, 0.15) is 13.8 Å². The minimum atomic E-state index is 0. The Hall–Kier alpha value is 1.25. The van der Waals surface area contributed by atoms with E-state index in [0.717, 1.165) is 0 Å². The van der Waals surface area contributed by atoms with Crippen molar-refractivity contribution >= 4 is 0 Å². The Morgan fingerprint density at radius 1 is 1.40 bits per heavy atom. The molecule has 33 valence electrons. The summed E-state index contributed by atoms with van der Waals surface area (Å²) in [5.74, 6) is 0. The van der Waals surface area contributed by atoms with E-state index in [2.05, 4.69) is 29.9 Å². The van der Waals surface area contributed by atoms with Crippen LogP contribution in [-0.4, -0.2) is 0 Å². The van der Waals surface area contributed by atoms with E-state index in [0.29, 0.717) is 4.82 Å². The first kappa shape index (κ1) is 9.54. The van der Waals surface area contributed by atoms with Crippen LogP contribution in [0.3, 0.4) is 0 Å². The first-order chi connectivity index (χ1) is 1.73. The first-order valence-corrected chi connectivity index (χ1v) is 2.05. The van der Waals surface area contributed by atoms with Crippen LogP contribution >= 0.6 is 0 Å². The Bertz CT molecular complexity index is 11.6. The van der Waals surface area contributed by atoms with Gasteiger partial charge in [-0.3, -0.25) is 0 Å². The maximum atomic E-state index is 3.27. The quantitative estimate of drug-likeness (QED) is 0.343. The van der Waals surface area contributed by atoms with Crippen molar-refractivity contribution in [3.8, 4) is 0 Å². The zero-order valence-corrected chi connectivity index (χ0v) is 6.67. The molecule has 0 spiro atoms. The average Bonchev–Trinajstić information content (AvgIpc) is 0.811. The van der Waals surface area contributed by atoms with Crippen LogP contribution < -0.4 is 24.0 Å². The van der Waals surface area contributed by atoms with Crippen molar-refractivity contribution in [3.05, 3.63) is 0 Å². The van der Waals surface area contributed by atoms with Crippen LogP contribution in [0.25, 0.3) is 0 Å². The van der Waals surface area contributed by atoms with Crippen molar-refractivity contribution in [2.75, 3.05) is 0 Å². The largest absolute Gasteiger partial charge is 1.00 e. The van der Waals surface area contributed by atoms with Gasteiger partial charge in [-0.1, -0.05) is 0 Å². The Kier molecular flexibility index (Phi) is 10.0. The van der Waals surface area contributed by atoms with Crippen LogP contribution in [-0.2, 0) is 16.0 Å². The molecule has 0 N–H and O–H groups in total. The Balaban J connectivity index is 0. The fourth-order valence-corrected chi connectivity index (χ4v) is 0. The summed E-state index contributed by atoms with van der Waals surface area (Å²) in [4.78, 5) is 0.646. The Morgan fingerprint density at radius 2 is 1.40 bits per heavy atom. The predicted octanol–water partition coefficient (Wildman–Crippen LogP) is -1.63. The smallest absolute Gasteiger partial charge is 1.00 e. The Morgan fingerprint density at radius 3 is 1.40 bits per heavy atom. The van der Waals surface area contributed by atoms with E-state index in [1.54, 1.807) is 0 Å². The summed E-state index contributed by atoms with van der Waals surface area (Å²) in [7, 11) is 0. The second-order valence-corrected chi connectivity index (χ2v) is 2.38. The molecule has 5 heavy (non-hydrogen) atoms. The van der Waals surface area contributed by atoms with Gasteiger partial charge in [0.15, 0.2) is 0 Å². The third-order valence-electron chi connectivity index (χ3n) is 0. The van der Waals surface area contributed by atoms with E-state index in [-0.39, 0.29) is 24.0 Å². The average molecular weight is 225 g/mol. The van der Waals surface area contributed by atoms with E-state index in [1.165, 1.54) is 0 Å². The monoisotopic (exact) mass is 225 g/mol. The summed E-state index contributed by atoms with van der Waals surface area (Å²) >= 11 is 3.27. The summed E-state index contributed by atoms with van der Waals surface area (Å²) in [5.41, 5.74) is 0. The van der Waals surface area contributed by atoms with Gasteiger partial charge >= 0.3 is 34.7 Å². The molecule has 0 radical (unpaired) electrons. The summed E-state index contributed by atoms with van der Waals surface area (Å²) < 4.78 is 0. The van der Waals surface area contributed by atoms with Crippen molar-refractivity contribution < 1.29 is 40.0 Å². The van der Waals surface area contributed by atoms with Gasteiger partial charge in [-0.05, 0) is 0 Å². The normalized spacial score (nSPS) is 7.00. The molecule has 0 nitrogen and oxygen atoms in total. The van der Waals surface area contributed by atoms with Crippen LogP contribution in [0.5, 0.6) is 0 Å². The molecule has 0 aromatic carbocycles. The molecule has 0 saturated heterocycles. The second kappa shape index (κ2) is 5.25. The van der Waals surface area contributed by atoms with Crippen molar-refractivity contribution in [2.45, 2.75) is 18.7 Å². The molecular weight excluding hydrogens is 218 g/mol. The third-order valence-corrected chi connectivity index (χ3v) is 0. The molecule has 0 aliphatic rings. The number of hydrogen-bond acceptors (Lipinski definition) is 0. The fourth-order valence-electron chi connectivity index (χ4n) is 0. The van der Waals surface area contributed by atoms with E-state index >= 15 is 0 Å². The molecule has 0 unspecified atom stereocenters. The molecule has 0 aliphatic carbocycles. The van der Waals surface area contributed by atoms with Gasteiger partial charge < -0.3 is 24.0 Å². The van der Waals surface area contributed by atoms with E-state index in [9.17, 15) is 0 Å². The van der Waals surface area contributed by atoms with Gasteiger partial charge in [-0.2, -0.15) is 0 Å². The molecule has 0 saturated carbocycles. The maximum absolute atomic E-state index is 3.27. The van der Waals surface area contributed by atoms with E-state index in [1.807, 2.05) is 0 Å². The van der Waals surface area contributed by atoms with Gasteiger partial charge in [0.1, 0.15) is 0 Å². The molecule has 0 bridgehead atoms. The zero-order valence-electron chi connectivity index (χ0n) is 3.33. The second-order valence-electron chi connectivity index (χ2n) is 1.01. The summed E-state index contributed by atoms with van der Waals surface area (Å²) in [6.07, 6.45) is 0. The maximum Gasteiger partial charge on any atom is -1.00 e. The molecule has 0 aromatic rings. The third kappa shape index (κ3) is 35.5. The van der Waals surface area contributed by atoms with Crippen LogP contribution in [0.4, 0.5) is 0 Å². The molecule has 0 heterocycles. The molecule has 0 rings (SSSR count). The SMILES string of the molecule is C[CH](C)[Mn+].[I-]. The molecule has 0 atom stereocenters. The van der Waals surface area contributed by atoms with Crippen molar-refractivity contribution in [1.29, 1.82) is 0 Å². The predicted molar refractivity (Wildman–Crippen MR) is 15.1 cm³/mol. The van der Waals surface area contributed by atoms with Gasteiger partial charge in [0.2, 0.25) is 0 Å². The standard InChI is InChI=1S/C3H7.HI.Mn/c1-3-2;;/h3H,1-2H3;1H;/q;;+1/p-1. The molecular formula is C3H7IMn. The van der Waals surface area contributed by atoms with Crippen LogP contribution in [0.2, 0.25) is 4.82 Å². The zero-order chi connectivity index (χ0) is 3.58. The van der Waals surface area contributed by atoms with Crippen molar-refractivity contribution in [1.82, 2.24) is 0 Å².